The van der Waals surface area contributed by atoms with E-state index in [9.17, 15) is 9.18 Å². The summed E-state index contributed by atoms with van der Waals surface area (Å²) >= 11 is 5.65. The predicted octanol–water partition coefficient (Wildman–Crippen LogP) is 1.36. The quantitative estimate of drug-likeness (QED) is 0.648. The van der Waals surface area contributed by atoms with Gasteiger partial charge in [0.15, 0.2) is 11.6 Å². The summed E-state index contributed by atoms with van der Waals surface area (Å²) in [6, 6.07) is -0.243. The molecule has 1 aromatic heterocycles. The summed E-state index contributed by atoms with van der Waals surface area (Å²) in [7, 11) is 0. The van der Waals surface area contributed by atoms with E-state index in [1.54, 1.807) is 0 Å². The fourth-order valence-electron chi connectivity index (χ4n) is 3.01. The Morgan fingerprint density at radius 2 is 2.21 bits per heavy atom. The van der Waals surface area contributed by atoms with Gasteiger partial charge in [-0.1, -0.05) is 12.2 Å². The SMILES string of the molecule is NC(=O)[C@H]1[C@@H](Nc2nc(Cl)ncc2F)[C@H]2C=C[C@@H]1C2. The van der Waals surface area contributed by atoms with Gasteiger partial charge >= 0.3 is 0 Å². The van der Waals surface area contributed by atoms with Gasteiger partial charge in [-0.2, -0.15) is 4.98 Å². The molecule has 2 aliphatic rings. The topological polar surface area (TPSA) is 80.9 Å². The second-order valence-corrected chi connectivity index (χ2v) is 5.22. The Balaban J connectivity index is 1.88. The largest absolute Gasteiger partial charge is 0.369 e. The molecule has 3 N–H and O–H groups in total. The predicted molar refractivity (Wildman–Crippen MR) is 67.8 cm³/mol. The molecule has 1 heterocycles. The molecule has 0 saturated heterocycles. The number of allylic oxidation sites excluding steroid dienone is 1. The van der Waals surface area contributed by atoms with E-state index in [0.29, 0.717) is 0 Å². The van der Waals surface area contributed by atoms with Crippen molar-refractivity contribution in [2.75, 3.05) is 5.32 Å². The molecule has 1 saturated carbocycles. The van der Waals surface area contributed by atoms with Crippen molar-refractivity contribution in [1.82, 2.24) is 9.97 Å². The lowest BCUT2D eigenvalue weighted by molar-refractivity contribution is -0.122. The van der Waals surface area contributed by atoms with Crippen molar-refractivity contribution in [3.8, 4) is 0 Å². The van der Waals surface area contributed by atoms with Crippen LogP contribution in [0, 0.1) is 23.6 Å². The summed E-state index contributed by atoms with van der Waals surface area (Å²) in [5.74, 6) is -1.02. The van der Waals surface area contributed by atoms with Crippen molar-refractivity contribution in [2.24, 2.45) is 23.5 Å². The van der Waals surface area contributed by atoms with Gasteiger partial charge in [-0.15, -0.1) is 0 Å². The van der Waals surface area contributed by atoms with Crippen molar-refractivity contribution in [2.45, 2.75) is 12.5 Å². The Kier molecular flexibility index (Phi) is 2.89. The molecule has 1 fully saturated rings. The molecule has 0 aromatic carbocycles. The average molecular weight is 283 g/mol. The second-order valence-electron chi connectivity index (χ2n) is 4.88. The lowest BCUT2D eigenvalue weighted by Gasteiger charge is -2.27. The highest BCUT2D eigenvalue weighted by Crippen LogP contribution is 2.44. The number of fused-ring (bicyclic) bond motifs is 2. The lowest BCUT2D eigenvalue weighted by Crippen LogP contribution is -2.41. The van der Waals surface area contributed by atoms with Gasteiger partial charge in [0.2, 0.25) is 11.2 Å². The zero-order chi connectivity index (χ0) is 13.6. The maximum Gasteiger partial charge on any atom is 0.224 e. The Labute approximate surface area is 114 Å². The average Bonchev–Trinajstić information content (AvgIpc) is 2.94. The monoisotopic (exact) mass is 282 g/mol. The Morgan fingerprint density at radius 3 is 2.95 bits per heavy atom. The fourth-order valence-corrected chi connectivity index (χ4v) is 3.14. The zero-order valence-electron chi connectivity index (χ0n) is 9.88. The van der Waals surface area contributed by atoms with Crippen molar-refractivity contribution >= 4 is 23.3 Å². The van der Waals surface area contributed by atoms with E-state index in [1.165, 1.54) is 0 Å². The van der Waals surface area contributed by atoms with Crippen molar-refractivity contribution < 1.29 is 9.18 Å². The third-order valence-electron chi connectivity index (χ3n) is 3.81. The number of hydrogen-bond acceptors (Lipinski definition) is 4. The van der Waals surface area contributed by atoms with Crippen LogP contribution in [0.2, 0.25) is 5.28 Å². The van der Waals surface area contributed by atoms with Gasteiger partial charge < -0.3 is 11.1 Å². The Hall–Kier alpha value is -1.69. The van der Waals surface area contributed by atoms with Gasteiger partial charge in [0.05, 0.1) is 12.1 Å². The van der Waals surface area contributed by atoms with E-state index in [0.717, 1.165) is 12.6 Å². The van der Waals surface area contributed by atoms with Crippen molar-refractivity contribution in [1.29, 1.82) is 0 Å². The number of carbonyl (C=O) groups is 1. The van der Waals surface area contributed by atoms with Crippen LogP contribution in [0.1, 0.15) is 6.42 Å². The molecule has 1 aromatic rings. The van der Waals surface area contributed by atoms with Crippen molar-refractivity contribution in [3.05, 3.63) is 29.4 Å². The summed E-state index contributed by atoms with van der Waals surface area (Å²) in [6.07, 6.45) is 5.88. The van der Waals surface area contributed by atoms with Crippen LogP contribution in [-0.2, 0) is 4.79 Å². The molecule has 19 heavy (non-hydrogen) atoms. The van der Waals surface area contributed by atoms with E-state index in [4.69, 9.17) is 17.3 Å². The normalized spacial score (nSPS) is 31.7. The van der Waals surface area contributed by atoms with Crippen LogP contribution in [0.25, 0.3) is 0 Å². The second kappa shape index (κ2) is 4.45. The molecular formula is C12H12ClFN4O. The van der Waals surface area contributed by atoms with E-state index in [1.807, 2.05) is 12.2 Å². The lowest BCUT2D eigenvalue weighted by atomic mass is 9.88. The third kappa shape index (κ3) is 2.06. The molecule has 0 aliphatic heterocycles. The molecule has 3 rings (SSSR count). The molecule has 100 valence electrons. The van der Waals surface area contributed by atoms with E-state index < -0.39 is 5.82 Å². The summed E-state index contributed by atoms with van der Waals surface area (Å²) in [4.78, 5) is 18.9. The third-order valence-corrected chi connectivity index (χ3v) is 3.99. The first-order chi connectivity index (χ1) is 9.06. The molecule has 0 spiro atoms. The van der Waals surface area contributed by atoms with Crippen LogP contribution in [-0.4, -0.2) is 21.9 Å². The van der Waals surface area contributed by atoms with Gasteiger partial charge in [0.25, 0.3) is 0 Å². The first-order valence-electron chi connectivity index (χ1n) is 5.98. The maximum atomic E-state index is 13.6. The summed E-state index contributed by atoms with van der Waals surface area (Å²) in [5, 5.41) is 2.91. The molecule has 2 bridgehead atoms. The van der Waals surface area contributed by atoms with Gasteiger partial charge in [-0.25, -0.2) is 9.37 Å². The minimum absolute atomic E-state index is 0.0113. The number of rotatable bonds is 3. The van der Waals surface area contributed by atoms with Gasteiger partial charge in [0.1, 0.15) is 0 Å². The highest BCUT2D eigenvalue weighted by Gasteiger charge is 2.47. The minimum atomic E-state index is -0.598. The number of nitrogens with two attached hydrogens (primary N) is 1. The van der Waals surface area contributed by atoms with Crippen LogP contribution in [0.5, 0.6) is 0 Å². The number of aromatic nitrogens is 2. The Morgan fingerprint density at radius 1 is 1.47 bits per heavy atom. The van der Waals surface area contributed by atoms with Crippen LogP contribution < -0.4 is 11.1 Å². The van der Waals surface area contributed by atoms with Gasteiger partial charge in [-0.3, -0.25) is 4.79 Å². The maximum absolute atomic E-state index is 13.6. The smallest absolute Gasteiger partial charge is 0.224 e. The molecule has 5 nitrogen and oxygen atoms in total. The molecule has 2 aliphatic carbocycles. The van der Waals surface area contributed by atoms with Gasteiger partial charge in [-0.05, 0) is 29.9 Å². The number of amides is 1. The molecule has 0 radical (unpaired) electrons. The number of nitrogens with one attached hydrogen (secondary N) is 1. The Bertz CT molecular complexity index is 565. The zero-order valence-corrected chi connectivity index (χ0v) is 10.6. The first kappa shape index (κ1) is 12.3. The summed E-state index contributed by atoms with van der Waals surface area (Å²) in [6.45, 7) is 0. The standard InChI is InChI=1S/C12H12ClFN4O/c13-12-16-4-7(14)11(18-12)17-9-6-2-1-5(3-6)8(9)10(15)19/h1-2,4-6,8-9H,3H2,(H2,15,19)(H,16,17,18)/t5-,6+,8-,9+/m1/s1. The number of carbonyl (C=O) groups excluding carboxylic acids is 1. The summed E-state index contributed by atoms with van der Waals surface area (Å²) in [5.41, 5.74) is 5.43. The van der Waals surface area contributed by atoms with Crippen LogP contribution in [0.4, 0.5) is 10.2 Å². The first-order valence-corrected chi connectivity index (χ1v) is 6.36. The minimum Gasteiger partial charge on any atom is -0.369 e. The van der Waals surface area contributed by atoms with E-state index >= 15 is 0 Å². The van der Waals surface area contributed by atoms with Crippen LogP contribution >= 0.6 is 11.6 Å². The number of nitrogens with zero attached hydrogens (tertiary/aromatic N) is 2. The molecule has 4 atom stereocenters. The van der Waals surface area contributed by atoms with Crippen molar-refractivity contribution in [3.63, 3.8) is 0 Å². The molecule has 1 amide bonds. The molecule has 7 heteroatoms. The van der Waals surface area contributed by atoms with E-state index in [-0.39, 0.29) is 40.8 Å². The summed E-state index contributed by atoms with van der Waals surface area (Å²) < 4.78 is 13.6. The molecule has 0 unspecified atom stereocenters. The number of halogens is 2. The fraction of sp³-hybridized carbons (Fsp3) is 0.417. The highest BCUT2D eigenvalue weighted by atomic mass is 35.5. The number of anilines is 1. The molecular weight excluding hydrogens is 271 g/mol. The number of primary amides is 1. The van der Waals surface area contributed by atoms with Gasteiger partial charge in [0, 0.05) is 6.04 Å². The number of hydrogen-bond donors (Lipinski definition) is 2. The van der Waals surface area contributed by atoms with Crippen LogP contribution in [0.3, 0.4) is 0 Å². The highest BCUT2D eigenvalue weighted by molar-refractivity contribution is 6.28. The van der Waals surface area contributed by atoms with E-state index in [2.05, 4.69) is 15.3 Å². The van der Waals surface area contributed by atoms with Crippen LogP contribution in [0.15, 0.2) is 18.3 Å².